The van der Waals surface area contributed by atoms with Crippen molar-refractivity contribution in [3.05, 3.63) is 0 Å². The van der Waals surface area contributed by atoms with Gasteiger partial charge in [-0.25, -0.2) is 0 Å². The van der Waals surface area contributed by atoms with Gasteiger partial charge in [-0.2, -0.15) is 5.10 Å². The van der Waals surface area contributed by atoms with E-state index in [-0.39, 0.29) is 0 Å². The predicted molar refractivity (Wildman–Crippen MR) is 50.5 cm³/mol. The number of nitrogens with two attached hydrogens (primary N) is 2. The Hall–Kier alpha value is -0.940. The Morgan fingerprint density at radius 1 is 1.58 bits per heavy atom. The average molecular weight is 172 g/mol. The van der Waals surface area contributed by atoms with E-state index in [4.69, 9.17) is 16.3 Å². The maximum absolute atomic E-state index is 5.30. The molecule has 0 saturated carbocycles. The van der Waals surface area contributed by atoms with E-state index in [9.17, 15) is 0 Å². The summed E-state index contributed by atoms with van der Waals surface area (Å²) in [6, 6.07) is 0. The molecule has 0 aliphatic carbocycles. The lowest BCUT2D eigenvalue weighted by Gasteiger charge is -1.94. The summed E-state index contributed by atoms with van der Waals surface area (Å²) in [4.78, 5) is 4.06. The lowest BCUT2D eigenvalue weighted by Crippen LogP contribution is -2.17. The van der Waals surface area contributed by atoms with Crippen LogP contribution in [-0.4, -0.2) is 38.7 Å². The molecule has 0 spiro atoms. The van der Waals surface area contributed by atoms with Crippen LogP contribution in [0.5, 0.6) is 0 Å². The van der Waals surface area contributed by atoms with E-state index in [1.807, 2.05) is 0 Å². The summed E-state index contributed by atoms with van der Waals surface area (Å²) in [6.45, 7) is 1.76. The van der Waals surface area contributed by atoms with Crippen molar-refractivity contribution in [2.24, 2.45) is 21.7 Å². The second-order valence-electron chi connectivity index (χ2n) is 2.21. The van der Waals surface area contributed by atoms with E-state index in [2.05, 4.69) is 10.1 Å². The third-order valence-electron chi connectivity index (χ3n) is 1.25. The van der Waals surface area contributed by atoms with Crippen LogP contribution >= 0.6 is 0 Å². The maximum atomic E-state index is 5.30. The average Bonchev–Trinajstić information content (AvgIpc) is 2.11. The summed E-state index contributed by atoms with van der Waals surface area (Å²) in [6.07, 6.45) is 2.49. The van der Waals surface area contributed by atoms with Crippen molar-refractivity contribution in [1.29, 1.82) is 0 Å². The molecule has 0 amide bonds. The zero-order chi connectivity index (χ0) is 9.23. The molecule has 0 atom stereocenters. The largest absolute Gasteiger partial charge is 0.385 e. The molecular weight excluding hydrogens is 156 g/mol. The third kappa shape index (κ3) is 5.82. The molecule has 0 fully saturated rings. The van der Waals surface area contributed by atoms with E-state index < -0.39 is 0 Å². The first-order valence-corrected chi connectivity index (χ1v) is 3.80. The quantitative estimate of drug-likeness (QED) is 0.242. The molecule has 0 aromatic carbocycles. The van der Waals surface area contributed by atoms with Crippen LogP contribution in [0.15, 0.2) is 10.1 Å². The van der Waals surface area contributed by atoms with Crippen molar-refractivity contribution in [1.82, 2.24) is 0 Å². The molecule has 0 aliphatic rings. The molecule has 4 N–H and O–H groups in total. The van der Waals surface area contributed by atoms with Crippen molar-refractivity contribution < 1.29 is 4.74 Å². The van der Waals surface area contributed by atoms with Crippen molar-refractivity contribution in [2.75, 3.05) is 26.8 Å². The lowest BCUT2D eigenvalue weighted by atomic mass is 10.4. The Morgan fingerprint density at radius 2 is 2.33 bits per heavy atom. The Kier molecular flexibility index (Phi) is 7.52. The van der Waals surface area contributed by atoms with Crippen LogP contribution in [0.4, 0.5) is 0 Å². The van der Waals surface area contributed by atoms with Crippen LogP contribution in [0.25, 0.3) is 0 Å². The van der Waals surface area contributed by atoms with Crippen molar-refractivity contribution >= 4 is 11.9 Å². The number of hydrogen-bond acceptors (Lipinski definition) is 5. The molecule has 0 bridgehead atoms. The van der Waals surface area contributed by atoms with Crippen LogP contribution in [0.1, 0.15) is 6.42 Å². The highest BCUT2D eigenvalue weighted by Gasteiger charge is 1.88. The van der Waals surface area contributed by atoms with Crippen LogP contribution in [-0.2, 0) is 4.74 Å². The molecule has 0 aromatic heterocycles. The summed E-state index contributed by atoms with van der Waals surface area (Å²) in [5.41, 5.74) is 5.90. The Labute approximate surface area is 72.5 Å². The summed E-state index contributed by atoms with van der Waals surface area (Å²) in [5, 5.41) is 3.44. The highest BCUT2D eigenvalue weighted by atomic mass is 16.5. The number of ether oxygens (including phenoxy) is 1. The van der Waals surface area contributed by atoms with Crippen molar-refractivity contribution in [2.45, 2.75) is 6.42 Å². The van der Waals surface area contributed by atoms with Gasteiger partial charge in [0.05, 0.1) is 5.71 Å². The predicted octanol–water partition coefficient (Wildman–Crippen LogP) is -0.633. The van der Waals surface area contributed by atoms with Gasteiger partial charge in [0.25, 0.3) is 0 Å². The third-order valence-corrected chi connectivity index (χ3v) is 1.25. The monoisotopic (exact) mass is 172 g/mol. The number of nitrogens with zero attached hydrogens (tertiary/aromatic N) is 2. The van der Waals surface area contributed by atoms with Crippen LogP contribution in [0.3, 0.4) is 0 Å². The second kappa shape index (κ2) is 8.16. The molecule has 70 valence electrons. The fraction of sp³-hybridized carbons (Fsp3) is 0.714. The number of hydrogen-bond donors (Lipinski definition) is 2. The molecule has 0 aromatic rings. The number of rotatable bonds is 6. The van der Waals surface area contributed by atoms with E-state index >= 15 is 0 Å². The maximum Gasteiger partial charge on any atom is 0.0913 e. The molecule has 0 unspecified atom stereocenters. The summed E-state index contributed by atoms with van der Waals surface area (Å²) in [5.74, 6) is 5.02. The van der Waals surface area contributed by atoms with Gasteiger partial charge >= 0.3 is 0 Å². The molecule has 5 nitrogen and oxygen atoms in total. The normalized spacial score (nSPS) is 12.7. The fourth-order valence-corrected chi connectivity index (χ4v) is 0.609. The van der Waals surface area contributed by atoms with Crippen molar-refractivity contribution in [3.63, 3.8) is 0 Å². The summed E-state index contributed by atoms with van der Waals surface area (Å²) < 4.78 is 4.85. The number of aliphatic imine (C=N–C) groups is 1. The second-order valence-corrected chi connectivity index (χ2v) is 2.21. The molecule has 0 aliphatic heterocycles. The molecule has 0 heterocycles. The molecule has 0 saturated heterocycles. The van der Waals surface area contributed by atoms with E-state index in [1.165, 1.54) is 0 Å². The summed E-state index contributed by atoms with van der Waals surface area (Å²) in [7, 11) is 1.66. The molecule has 0 rings (SSSR count). The Balaban J connectivity index is 3.47. The van der Waals surface area contributed by atoms with Gasteiger partial charge < -0.3 is 16.3 Å². The van der Waals surface area contributed by atoms with Gasteiger partial charge in [0.1, 0.15) is 0 Å². The van der Waals surface area contributed by atoms with Gasteiger partial charge in [0.2, 0.25) is 0 Å². The zero-order valence-corrected chi connectivity index (χ0v) is 7.36. The number of hydrazone groups is 1. The molecular formula is C7H16N4O. The minimum absolute atomic E-state index is 0.324. The molecule has 12 heavy (non-hydrogen) atoms. The standard InChI is InChI=1S/C7H16N4O/c1-12-4-2-3-10-6-7(5-8)11-9/h6H,2-5,8-9H2,1H3/b10-6?,11-7-. The van der Waals surface area contributed by atoms with Crippen LogP contribution < -0.4 is 11.6 Å². The van der Waals surface area contributed by atoms with Gasteiger partial charge in [0, 0.05) is 33.0 Å². The molecule has 5 heteroatoms. The fourth-order valence-electron chi connectivity index (χ4n) is 0.609. The highest BCUT2D eigenvalue weighted by molar-refractivity contribution is 6.31. The van der Waals surface area contributed by atoms with Crippen LogP contribution in [0, 0.1) is 0 Å². The minimum atomic E-state index is 0.324. The smallest absolute Gasteiger partial charge is 0.0913 e. The number of methoxy groups -OCH3 is 1. The first-order chi connectivity index (χ1) is 5.85. The molecule has 0 radical (unpaired) electrons. The van der Waals surface area contributed by atoms with E-state index in [1.54, 1.807) is 13.3 Å². The van der Waals surface area contributed by atoms with E-state index in [0.717, 1.165) is 13.0 Å². The van der Waals surface area contributed by atoms with Gasteiger partial charge in [-0.3, -0.25) is 4.99 Å². The van der Waals surface area contributed by atoms with Crippen molar-refractivity contribution in [3.8, 4) is 0 Å². The van der Waals surface area contributed by atoms with Gasteiger partial charge in [0.15, 0.2) is 0 Å². The highest BCUT2D eigenvalue weighted by Crippen LogP contribution is 1.80. The van der Waals surface area contributed by atoms with E-state index in [0.29, 0.717) is 18.8 Å². The minimum Gasteiger partial charge on any atom is -0.385 e. The Bertz CT molecular complexity index is 155. The SMILES string of the molecule is COCCCN=C/C(CN)=N\N. The summed E-state index contributed by atoms with van der Waals surface area (Å²) >= 11 is 0. The first-order valence-electron chi connectivity index (χ1n) is 3.80. The topological polar surface area (TPSA) is 86.0 Å². The van der Waals surface area contributed by atoms with Crippen LogP contribution in [0.2, 0.25) is 0 Å². The first kappa shape index (κ1) is 11.1. The van der Waals surface area contributed by atoms with Gasteiger partial charge in [-0.05, 0) is 6.42 Å². The van der Waals surface area contributed by atoms with Gasteiger partial charge in [-0.1, -0.05) is 0 Å². The Morgan fingerprint density at radius 3 is 2.83 bits per heavy atom. The van der Waals surface area contributed by atoms with Gasteiger partial charge in [-0.15, -0.1) is 0 Å². The lowest BCUT2D eigenvalue weighted by molar-refractivity contribution is 0.197. The zero-order valence-electron chi connectivity index (χ0n) is 7.36.